The summed E-state index contributed by atoms with van der Waals surface area (Å²) < 4.78 is 12.5. The first-order valence-corrected chi connectivity index (χ1v) is 21.5. The van der Waals surface area contributed by atoms with Crippen LogP contribution in [-0.2, 0) is 22.8 Å². The predicted octanol–water partition coefficient (Wildman–Crippen LogP) is 9.87. The van der Waals surface area contributed by atoms with Crippen LogP contribution in [0.3, 0.4) is 0 Å². The third-order valence-electron chi connectivity index (χ3n) is 10.1. The lowest BCUT2D eigenvalue weighted by Gasteiger charge is -2.22. The van der Waals surface area contributed by atoms with Crippen molar-refractivity contribution in [2.45, 2.75) is 66.6 Å². The number of imide groups is 1. The molecule has 0 aliphatic carbocycles. The molecule has 1 saturated heterocycles. The Labute approximate surface area is 379 Å². The number of ether oxygens (including phenoxy) is 2. The second-order valence-corrected chi connectivity index (χ2v) is 15.9. The van der Waals surface area contributed by atoms with Gasteiger partial charge in [-0.3, -0.25) is 14.9 Å². The number of nitrogens with zero attached hydrogens (tertiary/aromatic N) is 2. The number of pyridine rings is 2. The lowest BCUT2D eigenvalue weighted by atomic mass is 9.77. The topological polar surface area (TPSA) is 131 Å². The number of amides is 2. The zero-order valence-electron chi connectivity index (χ0n) is 36.3. The molecule has 1 unspecified atom stereocenters. The van der Waals surface area contributed by atoms with Gasteiger partial charge in [-0.05, 0) is 120 Å². The van der Waals surface area contributed by atoms with Crippen LogP contribution in [0.4, 0.5) is 0 Å². The number of rotatable bonds is 9. The minimum absolute atomic E-state index is 0.162. The second kappa shape index (κ2) is 24.3. The molecule has 1 aliphatic rings. The van der Waals surface area contributed by atoms with Gasteiger partial charge >= 0.3 is 7.12 Å². The van der Waals surface area contributed by atoms with Crippen LogP contribution in [0.25, 0.3) is 11.1 Å². The Morgan fingerprint density at radius 3 is 1.65 bits per heavy atom. The maximum Gasteiger partial charge on any atom is 0.488 e. The van der Waals surface area contributed by atoms with Gasteiger partial charge in [-0.15, -0.1) is 0 Å². The summed E-state index contributed by atoms with van der Waals surface area (Å²) in [7, 11) is -1.35. The molecule has 5 aromatic carbocycles. The van der Waals surface area contributed by atoms with Gasteiger partial charge in [0.15, 0.2) is 0 Å². The van der Waals surface area contributed by atoms with Crippen molar-refractivity contribution in [1.82, 2.24) is 15.3 Å². The summed E-state index contributed by atoms with van der Waals surface area (Å²) in [6.07, 6.45) is 1.06. The van der Waals surface area contributed by atoms with Crippen LogP contribution in [0.15, 0.2) is 162 Å². The molecule has 0 bridgehead atoms. The molecule has 2 aromatic heterocycles. The molecule has 0 radical (unpaired) electrons. The fourth-order valence-electron chi connectivity index (χ4n) is 6.64. The van der Waals surface area contributed by atoms with Crippen molar-refractivity contribution in [3.8, 4) is 22.9 Å². The van der Waals surface area contributed by atoms with Gasteiger partial charge in [0.1, 0.15) is 13.2 Å². The summed E-state index contributed by atoms with van der Waals surface area (Å²) in [6, 6.07) is 51.5. The van der Waals surface area contributed by atoms with E-state index < -0.39 is 7.12 Å². The van der Waals surface area contributed by atoms with Crippen LogP contribution in [-0.4, -0.2) is 38.9 Å². The molecule has 7 aromatic rings. The van der Waals surface area contributed by atoms with Gasteiger partial charge in [0.2, 0.25) is 23.6 Å². The van der Waals surface area contributed by atoms with Crippen LogP contribution >= 0.6 is 15.9 Å². The molecular weight excluding hydrogens is 853 g/mol. The Hall–Kier alpha value is -6.40. The Balaban J connectivity index is 0.000000164. The summed E-state index contributed by atoms with van der Waals surface area (Å²) in [5.41, 5.74) is 11.2. The van der Waals surface area contributed by atoms with Crippen molar-refractivity contribution in [2.24, 2.45) is 0 Å². The summed E-state index contributed by atoms with van der Waals surface area (Å²) in [6.45, 7) is 10.9. The average molecular weight is 907 g/mol. The summed E-state index contributed by atoms with van der Waals surface area (Å²) in [4.78, 5) is 31.5. The molecule has 3 heterocycles. The monoisotopic (exact) mass is 905 g/mol. The van der Waals surface area contributed by atoms with E-state index in [0.29, 0.717) is 43.3 Å². The lowest BCUT2D eigenvalue weighted by molar-refractivity contribution is -0.134. The lowest BCUT2D eigenvalue weighted by Crippen LogP contribution is -2.39. The van der Waals surface area contributed by atoms with Gasteiger partial charge in [-0.25, -0.2) is 9.97 Å². The maximum atomic E-state index is 11.6. The standard InChI is InChI=1S/C20H19NO.C13H12BrNO.C12H13NO2.C7H9BO2/c1-15-8-6-7-11-18(15)19-13-12-16(2)21-20(19)22-14-17-9-4-3-5-10-17;1-10-7-8-12(14)13(15-10)16-9-11-5-3-2-4-6-11;1-8-4-2-3-5-9(8)10-6-7-11(14)13-12(10)15;1-6-4-2-3-5-7(6)8(9)10/h3-13H,14H2,1-2H3;2-8H,9H2,1H3;2-5,10H,6-7H2,1H3,(H,13,14,15);2-5,9-10H,1H3. The van der Waals surface area contributed by atoms with Crippen molar-refractivity contribution < 1.29 is 29.1 Å². The molecule has 1 aliphatic heterocycles. The van der Waals surface area contributed by atoms with Crippen LogP contribution in [0, 0.1) is 34.6 Å². The van der Waals surface area contributed by atoms with E-state index in [2.05, 4.69) is 68.5 Å². The van der Waals surface area contributed by atoms with Crippen LogP contribution < -0.4 is 20.3 Å². The second-order valence-electron chi connectivity index (χ2n) is 15.0. The highest BCUT2D eigenvalue weighted by Crippen LogP contribution is 2.32. The number of aromatic nitrogens is 2. The van der Waals surface area contributed by atoms with E-state index >= 15 is 0 Å². The number of hydrogen-bond donors (Lipinski definition) is 3. The number of piperidine rings is 1. The third-order valence-corrected chi connectivity index (χ3v) is 10.7. The molecule has 11 heteroatoms. The fraction of sp³-hybridized carbons (Fsp3) is 0.192. The molecule has 0 spiro atoms. The van der Waals surface area contributed by atoms with Crippen LogP contribution in [0.2, 0.25) is 0 Å². The molecule has 322 valence electrons. The van der Waals surface area contributed by atoms with Crippen molar-refractivity contribution in [3.63, 3.8) is 0 Å². The maximum absolute atomic E-state index is 11.6. The number of nitrogens with one attached hydrogen (secondary N) is 1. The van der Waals surface area contributed by atoms with Crippen molar-refractivity contribution >= 4 is 40.3 Å². The summed E-state index contributed by atoms with van der Waals surface area (Å²) in [5, 5.41) is 19.9. The van der Waals surface area contributed by atoms with Crippen molar-refractivity contribution in [1.29, 1.82) is 0 Å². The third kappa shape index (κ3) is 14.9. The van der Waals surface area contributed by atoms with Gasteiger partial charge in [0.25, 0.3) is 0 Å². The van der Waals surface area contributed by atoms with Crippen molar-refractivity contribution in [2.75, 3.05) is 0 Å². The molecule has 8 rings (SSSR count). The molecular formula is C52H53BBrN3O6. The number of carbonyl (C=O) groups is 2. The van der Waals surface area contributed by atoms with E-state index in [4.69, 9.17) is 19.5 Å². The van der Waals surface area contributed by atoms with Gasteiger partial charge in [-0.1, -0.05) is 139 Å². The Kier molecular flexibility index (Phi) is 18.4. The molecule has 0 saturated carbocycles. The van der Waals surface area contributed by atoms with Gasteiger partial charge in [0.05, 0.1) is 10.4 Å². The molecule has 3 N–H and O–H groups in total. The Bertz CT molecular complexity index is 2560. The first-order valence-electron chi connectivity index (χ1n) is 20.7. The predicted molar refractivity (Wildman–Crippen MR) is 255 cm³/mol. The SMILES string of the molecule is Cc1ccc(-c2ccccc2C)c(OCc2ccccc2)n1.Cc1ccc(Br)c(OCc2ccccc2)n1.Cc1ccccc1B(O)O.Cc1ccccc1C1CCC(=O)NC1=O. The van der Waals surface area contributed by atoms with E-state index in [1.54, 1.807) is 12.1 Å². The fourth-order valence-corrected chi connectivity index (χ4v) is 6.97. The largest absolute Gasteiger partial charge is 0.488 e. The van der Waals surface area contributed by atoms with Gasteiger partial charge in [-0.2, -0.15) is 0 Å². The highest BCUT2D eigenvalue weighted by molar-refractivity contribution is 9.10. The smallest absolute Gasteiger partial charge is 0.472 e. The van der Waals surface area contributed by atoms with E-state index in [0.717, 1.165) is 54.8 Å². The molecule has 2 amide bonds. The van der Waals surface area contributed by atoms with Gasteiger partial charge in [0, 0.05) is 23.4 Å². The minimum atomic E-state index is -1.35. The van der Waals surface area contributed by atoms with E-state index in [-0.39, 0.29) is 17.7 Å². The quantitative estimate of drug-likeness (QED) is 0.0965. The van der Waals surface area contributed by atoms with E-state index in [9.17, 15) is 9.59 Å². The number of carbonyl (C=O) groups excluding carboxylic acids is 2. The van der Waals surface area contributed by atoms with E-state index in [1.165, 1.54) is 5.56 Å². The normalized spacial score (nSPS) is 12.8. The number of halogens is 1. The minimum Gasteiger partial charge on any atom is -0.472 e. The molecule has 9 nitrogen and oxygen atoms in total. The van der Waals surface area contributed by atoms with Crippen molar-refractivity contribution in [3.05, 3.63) is 207 Å². The molecule has 1 fully saturated rings. The Morgan fingerprint density at radius 1 is 0.587 bits per heavy atom. The molecule has 63 heavy (non-hydrogen) atoms. The van der Waals surface area contributed by atoms with Crippen LogP contribution in [0.1, 0.15) is 63.5 Å². The average Bonchev–Trinajstić information content (AvgIpc) is 3.28. The highest BCUT2D eigenvalue weighted by atomic mass is 79.9. The first kappa shape index (κ1) is 47.7. The number of benzene rings is 5. The molecule has 1 atom stereocenters. The number of aryl methyl sites for hydroxylation is 5. The summed E-state index contributed by atoms with van der Waals surface area (Å²) in [5.74, 6) is 0.844. The zero-order valence-corrected chi connectivity index (χ0v) is 37.9. The Morgan fingerprint density at radius 2 is 1.10 bits per heavy atom. The zero-order chi connectivity index (χ0) is 45.1. The van der Waals surface area contributed by atoms with E-state index in [1.807, 2.05) is 143 Å². The number of hydrogen-bond acceptors (Lipinski definition) is 8. The van der Waals surface area contributed by atoms with Gasteiger partial charge < -0.3 is 19.5 Å². The van der Waals surface area contributed by atoms with Crippen LogP contribution in [0.5, 0.6) is 11.8 Å². The first-order chi connectivity index (χ1) is 30.4. The summed E-state index contributed by atoms with van der Waals surface area (Å²) >= 11 is 3.42. The highest BCUT2D eigenvalue weighted by Gasteiger charge is 2.28.